The molecule has 2 aromatic heterocycles. The van der Waals surface area contributed by atoms with Crippen LogP contribution in [-0.4, -0.2) is 12.5 Å². The number of benzene rings is 2. The number of rotatable bonds is 6. The number of carbonyl (C=O) groups excluding carboxylic acids is 1. The minimum Gasteiger partial charge on any atom is -0.464 e. The molecule has 4 rings (SSSR count). The molecule has 0 aliphatic carbocycles. The van der Waals surface area contributed by atoms with Crippen LogP contribution in [0.1, 0.15) is 28.7 Å². The number of furan rings is 1. The lowest BCUT2D eigenvalue weighted by atomic mass is 10.0. The van der Waals surface area contributed by atoms with Gasteiger partial charge in [0.15, 0.2) is 0 Å². The molecule has 0 aliphatic heterocycles. The van der Waals surface area contributed by atoms with Crippen molar-refractivity contribution < 1.29 is 13.6 Å². The number of hydrogen-bond donors (Lipinski definition) is 1. The Hall–Kier alpha value is -3.05. The van der Waals surface area contributed by atoms with Gasteiger partial charge in [0.25, 0.3) is 0 Å². The summed E-state index contributed by atoms with van der Waals surface area (Å²) in [5.41, 5.74) is 4.29. The quantitative estimate of drug-likeness (QED) is 0.438. The van der Waals surface area contributed by atoms with Gasteiger partial charge in [-0.3, -0.25) is 4.79 Å². The Bertz CT molecular complexity index is 1280. The first kappa shape index (κ1) is 20.2. The molecule has 0 fully saturated rings. The number of amides is 1. The highest BCUT2D eigenvalue weighted by atomic mass is 35.5. The van der Waals surface area contributed by atoms with Gasteiger partial charge in [-0.2, -0.15) is 0 Å². The molecule has 0 atom stereocenters. The molecule has 2 aromatic carbocycles. The second-order valence-corrected chi connectivity index (χ2v) is 7.92. The van der Waals surface area contributed by atoms with E-state index in [1.54, 1.807) is 12.3 Å². The predicted octanol–water partition coefficient (Wildman–Crippen LogP) is 5.10. The molecule has 4 aromatic rings. The molecular formula is C24H22ClNO4. The Morgan fingerprint density at radius 2 is 1.80 bits per heavy atom. The fourth-order valence-corrected chi connectivity index (χ4v) is 3.78. The Balaban J connectivity index is 1.44. The van der Waals surface area contributed by atoms with Crippen LogP contribution in [0.4, 0.5) is 0 Å². The lowest BCUT2D eigenvalue weighted by Gasteiger charge is -2.09. The third-order valence-corrected chi connectivity index (χ3v) is 5.68. The maximum Gasteiger partial charge on any atom is 0.339 e. The summed E-state index contributed by atoms with van der Waals surface area (Å²) in [6, 6.07) is 11.3. The van der Waals surface area contributed by atoms with E-state index in [9.17, 15) is 9.59 Å². The first-order valence-electron chi connectivity index (χ1n) is 9.87. The minimum atomic E-state index is -0.406. The van der Waals surface area contributed by atoms with Crippen LogP contribution in [0.15, 0.2) is 56.3 Å². The van der Waals surface area contributed by atoms with E-state index >= 15 is 0 Å². The largest absolute Gasteiger partial charge is 0.464 e. The molecular weight excluding hydrogens is 402 g/mol. The van der Waals surface area contributed by atoms with Crippen molar-refractivity contribution in [3.63, 3.8) is 0 Å². The highest BCUT2D eigenvalue weighted by Crippen LogP contribution is 2.29. The van der Waals surface area contributed by atoms with Gasteiger partial charge in [0.2, 0.25) is 5.91 Å². The van der Waals surface area contributed by atoms with E-state index < -0.39 is 5.63 Å². The van der Waals surface area contributed by atoms with Crippen LogP contribution in [0, 0.1) is 13.8 Å². The summed E-state index contributed by atoms with van der Waals surface area (Å²) in [6.07, 6.45) is 2.97. The second-order valence-electron chi connectivity index (χ2n) is 7.48. The number of nitrogens with one attached hydrogen (secondary N) is 1. The van der Waals surface area contributed by atoms with Gasteiger partial charge in [0.1, 0.15) is 11.2 Å². The molecule has 30 heavy (non-hydrogen) atoms. The first-order chi connectivity index (χ1) is 14.4. The first-order valence-corrected chi connectivity index (χ1v) is 10.3. The highest BCUT2D eigenvalue weighted by molar-refractivity contribution is 6.30. The Morgan fingerprint density at radius 1 is 1.03 bits per heavy atom. The Kier molecular flexibility index (Phi) is 5.64. The Morgan fingerprint density at radius 3 is 2.57 bits per heavy atom. The summed E-state index contributed by atoms with van der Waals surface area (Å²) in [6.45, 7) is 4.40. The molecule has 2 heterocycles. The maximum absolute atomic E-state index is 12.5. The molecule has 0 spiro atoms. The molecule has 0 saturated carbocycles. The summed E-state index contributed by atoms with van der Waals surface area (Å²) >= 11 is 5.88. The SMILES string of the molecule is Cc1coc2cc3oc(=O)c(CCC(=O)NCCc4ccc(Cl)cc4)c(C)c3cc12. The average molecular weight is 424 g/mol. The van der Waals surface area contributed by atoms with Crippen molar-refractivity contribution in [2.45, 2.75) is 33.1 Å². The summed E-state index contributed by atoms with van der Waals surface area (Å²) in [4.78, 5) is 24.7. The number of carbonyl (C=O) groups is 1. The zero-order valence-corrected chi connectivity index (χ0v) is 17.6. The van der Waals surface area contributed by atoms with Gasteiger partial charge in [-0.05, 0) is 61.6 Å². The van der Waals surface area contributed by atoms with Gasteiger partial charge in [-0.1, -0.05) is 23.7 Å². The smallest absolute Gasteiger partial charge is 0.339 e. The molecule has 0 radical (unpaired) electrons. The van der Waals surface area contributed by atoms with Crippen molar-refractivity contribution >= 4 is 39.4 Å². The number of hydrogen-bond acceptors (Lipinski definition) is 4. The van der Waals surface area contributed by atoms with Gasteiger partial charge >= 0.3 is 5.63 Å². The molecule has 5 nitrogen and oxygen atoms in total. The van der Waals surface area contributed by atoms with E-state index in [2.05, 4.69) is 5.32 Å². The molecule has 1 N–H and O–H groups in total. The van der Waals surface area contributed by atoms with Gasteiger partial charge in [-0.15, -0.1) is 0 Å². The molecule has 6 heteroatoms. The lowest BCUT2D eigenvalue weighted by Crippen LogP contribution is -2.26. The van der Waals surface area contributed by atoms with E-state index in [1.807, 2.05) is 44.2 Å². The van der Waals surface area contributed by atoms with Crippen LogP contribution in [0.25, 0.3) is 21.9 Å². The van der Waals surface area contributed by atoms with Crippen molar-refractivity contribution in [3.05, 3.63) is 80.4 Å². The molecule has 0 bridgehead atoms. The van der Waals surface area contributed by atoms with Gasteiger partial charge in [0.05, 0.1) is 6.26 Å². The van der Waals surface area contributed by atoms with Crippen LogP contribution in [0.3, 0.4) is 0 Å². The fourth-order valence-electron chi connectivity index (χ4n) is 3.65. The number of aryl methyl sites for hydroxylation is 2. The standard InChI is InChI=1S/C24H22ClNO4/c1-14-13-29-21-12-22-20(11-19(14)21)15(2)18(24(28)30-22)7-8-23(27)26-10-9-16-3-5-17(25)6-4-16/h3-6,11-13H,7-10H2,1-2H3,(H,26,27). The van der Waals surface area contributed by atoms with E-state index in [4.69, 9.17) is 20.4 Å². The van der Waals surface area contributed by atoms with Crippen LogP contribution in [0.2, 0.25) is 5.02 Å². The topological polar surface area (TPSA) is 72.5 Å². The zero-order valence-electron chi connectivity index (χ0n) is 16.9. The summed E-state index contributed by atoms with van der Waals surface area (Å²) in [5.74, 6) is -0.0935. The number of halogens is 1. The molecule has 0 unspecified atom stereocenters. The summed E-state index contributed by atoms with van der Waals surface area (Å²) in [7, 11) is 0. The third kappa shape index (κ3) is 4.12. The molecule has 154 valence electrons. The van der Waals surface area contributed by atoms with Crippen molar-refractivity contribution in [1.29, 1.82) is 0 Å². The van der Waals surface area contributed by atoms with E-state index in [1.165, 1.54) is 0 Å². The van der Waals surface area contributed by atoms with Gasteiger partial charge in [0, 0.05) is 40.4 Å². The highest BCUT2D eigenvalue weighted by Gasteiger charge is 2.15. The molecule has 0 saturated heterocycles. The minimum absolute atomic E-state index is 0.0935. The van der Waals surface area contributed by atoms with Crippen LogP contribution >= 0.6 is 11.6 Å². The van der Waals surface area contributed by atoms with Crippen LogP contribution in [0.5, 0.6) is 0 Å². The van der Waals surface area contributed by atoms with Gasteiger partial charge in [-0.25, -0.2) is 4.79 Å². The van der Waals surface area contributed by atoms with E-state index in [0.29, 0.717) is 34.7 Å². The van der Waals surface area contributed by atoms with Crippen molar-refractivity contribution in [2.75, 3.05) is 6.54 Å². The molecule has 1 amide bonds. The van der Waals surface area contributed by atoms with Crippen LogP contribution in [-0.2, 0) is 17.6 Å². The number of fused-ring (bicyclic) bond motifs is 2. The maximum atomic E-state index is 12.5. The second kappa shape index (κ2) is 8.36. The van der Waals surface area contributed by atoms with Crippen LogP contribution < -0.4 is 10.9 Å². The monoisotopic (exact) mass is 423 g/mol. The van der Waals surface area contributed by atoms with Crippen molar-refractivity contribution in [2.24, 2.45) is 0 Å². The average Bonchev–Trinajstić information content (AvgIpc) is 3.08. The van der Waals surface area contributed by atoms with Crippen molar-refractivity contribution in [3.8, 4) is 0 Å². The van der Waals surface area contributed by atoms with E-state index in [0.717, 1.165) is 33.9 Å². The lowest BCUT2D eigenvalue weighted by molar-refractivity contribution is -0.121. The van der Waals surface area contributed by atoms with Gasteiger partial charge < -0.3 is 14.2 Å². The van der Waals surface area contributed by atoms with E-state index in [-0.39, 0.29) is 12.3 Å². The predicted molar refractivity (Wildman–Crippen MR) is 118 cm³/mol. The summed E-state index contributed by atoms with van der Waals surface area (Å²) in [5, 5.41) is 5.45. The Labute approximate surface area is 178 Å². The molecule has 0 aliphatic rings. The normalized spacial score (nSPS) is 11.3. The third-order valence-electron chi connectivity index (χ3n) is 5.43. The fraction of sp³-hybridized carbons (Fsp3) is 0.250. The zero-order chi connectivity index (χ0) is 21.3. The summed E-state index contributed by atoms with van der Waals surface area (Å²) < 4.78 is 11.0. The van der Waals surface area contributed by atoms with Crippen molar-refractivity contribution in [1.82, 2.24) is 5.32 Å².